The lowest BCUT2D eigenvalue weighted by atomic mass is 9.81. The van der Waals surface area contributed by atoms with E-state index in [1.165, 1.54) is 4.90 Å². The summed E-state index contributed by atoms with van der Waals surface area (Å²) in [5, 5.41) is 0. The molecule has 0 aromatic heterocycles. The molecule has 2 bridgehead atoms. The number of rotatable bonds is 6. The number of fused-ring (bicyclic) bond motifs is 5. The number of imide groups is 1. The van der Waals surface area contributed by atoms with Crippen molar-refractivity contribution in [2.24, 2.45) is 23.7 Å². The predicted octanol–water partition coefficient (Wildman–Crippen LogP) is 4.45. The Morgan fingerprint density at radius 1 is 1.11 bits per heavy atom. The van der Waals surface area contributed by atoms with Gasteiger partial charge in [-0.3, -0.25) is 14.4 Å². The first-order valence-corrected chi connectivity index (χ1v) is 11.7. The van der Waals surface area contributed by atoms with Crippen molar-refractivity contribution in [2.45, 2.75) is 48.7 Å². The number of halogens is 2. The lowest BCUT2D eigenvalue weighted by Crippen LogP contribution is -2.37. The summed E-state index contributed by atoms with van der Waals surface area (Å²) in [6.45, 7) is 2.08. The first-order valence-electron chi connectivity index (χ1n) is 9.90. The highest BCUT2D eigenvalue weighted by Crippen LogP contribution is 2.60. The van der Waals surface area contributed by atoms with E-state index in [1.54, 1.807) is 24.3 Å². The van der Waals surface area contributed by atoms with Crippen molar-refractivity contribution in [3.63, 3.8) is 0 Å². The molecule has 1 aliphatic heterocycles. The summed E-state index contributed by atoms with van der Waals surface area (Å²) < 4.78 is 5.41. The third kappa shape index (κ3) is 3.24. The molecule has 3 fully saturated rings. The van der Waals surface area contributed by atoms with Crippen molar-refractivity contribution in [3.05, 3.63) is 24.3 Å². The Balaban J connectivity index is 1.52. The molecule has 0 N–H and O–H groups in total. The molecular formula is C21H23Br2NO4. The second kappa shape index (κ2) is 7.90. The average molecular weight is 513 g/mol. The minimum absolute atomic E-state index is 0.127. The highest BCUT2D eigenvalue weighted by atomic mass is 79.9. The van der Waals surface area contributed by atoms with Crippen LogP contribution in [0.1, 0.15) is 39.0 Å². The molecule has 0 radical (unpaired) electrons. The van der Waals surface area contributed by atoms with E-state index in [-0.39, 0.29) is 51.1 Å². The molecule has 2 saturated carbocycles. The Labute approximate surface area is 181 Å². The van der Waals surface area contributed by atoms with Gasteiger partial charge < -0.3 is 4.74 Å². The van der Waals surface area contributed by atoms with Crippen LogP contribution in [0.5, 0.6) is 5.75 Å². The molecule has 5 nitrogen and oxygen atoms in total. The van der Waals surface area contributed by atoms with Crippen molar-refractivity contribution < 1.29 is 19.1 Å². The van der Waals surface area contributed by atoms with E-state index >= 15 is 0 Å². The number of carbonyl (C=O) groups excluding carboxylic acids is 3. The molecule has 1 heterocycles. The molecule has 2 amide bonds. The van der Waals surface area contributed by atoms with Crippen LogP contribution in [0.15, 0.2) is 24.3 Å². The summed E-state index contributed by atoms with van der Waals surface area (Å²) in [7, 11) is 0. The molecule has 1 aromatic rings. The van der Waals surface area contributed by atoms with Gasteiger partial charge in [-0.05, 0) is 36.8 Å². The largest absolute Gasteiger partial charge is 0.426 e. The van der Waals surface area contributed by atoms with Crippen LogP contribution in [-0.2, 0) is 14.4 Å². The molecule has 1 aromatic carbocycles. The Bertz CT molecular complexity index is 781. The van der Waals surface area contributed by atoms with E-state index in [0.29, 0.717) is 17.9 Å². The van der Waals surface area contributed by atoms with Crippen LogP contribution in [0.3, 0.4) is 0 Å². The first-order chi connectivity index (χ1) is 13.4. The minimum atomic E-state index is -0.288. The molecule has 0 unspecified atom stereocenters. The fourth-order valence-electron chi connectivity index (χ4n) is 4.99. The third-order valence-electron chi connectivity index (χ3n) is 6.28. The topological polar surface area (TPSA) is 63.7 Å². The summed E-state index contributed by atoms with van der Waals surface area (Å²) in [5.41, 5.74) is 0.486. The Morgan fingerprint density at radius 2 is 1.75 bits per heavy atom. The van der Waals surface area contributed by atoms with Gasteiger partial charge in [0.25, 0.3) is 0 Å². The number of carbonyl (C=O) groups is 3. The van der Waals surface area contributed by atoms with Crippen LogP contribution < -0.4 is 9.64 Å². The van der Waals surface area contributed by atoms with Crippen LogP contribution in [-0.4, -0.2) is 27.4 Å². The smallest absolute Gasteiger partial charge is 0.311 e. The van der Waals surface area contributed by atoms with Gasteiger partial charge in [0.2, 0.25) is 11.8 Å². The van der Waals surface area contributed by atoms with Gasteiger partial charge in [-0.15, -0.1) is 0 Å². The van der Waals surface area contributed by atoms with E-state index in [4.69, 9.17) is 4.74 Å². The summed E-state index contributed by atoms with van der Waals surface area (Å²) in [5.74, 6) is -0.316. The molecular weight excluding hydrogens is 490 g/mol. The maximum absolute atomic E-state index is 13.1. The van der Waals surface area contributed by atoms with Crippen molar-refractivity contribution in [1.82, 2.24) is 0 Å². The van der Waals surface area contributed by atoms with Crippen LogP contribution in [0, 0.1) is 23.7 Å². The number of benzene rings is 1. The normalized spacial score (nSPS) is 33.5. The molecule has 28 heavy (non-hydrogen) atoms. The van der Waals surface area contributed by atoms with E-state index in [1.807, 2.05) is 0 Å². The highest BCUT2D eigenvalue weighted by molar-refractivity contribution is 9.12. The summed E-state index contributed by atoms with van der Waals surface area (Å²) >= 11 is 7.40. The van der Waals surface area contributed by atoms with Crippen LogP contribution in [0.4, 0.5) is 5.69 Å². The second-order valence-corrected chi connectivity index (χ2v) is 10.1. The van der Waals surface area contributed by atoms with Gasteiger partial charge in [0.15, 0.2) is 0 Å². The molecule has 3 aliphatic rings. The van der Waals surface area contributed by atoms with Gasteiger partial charge in [0.1, 0.15) is 5.75 Å². The summed E-state index contributed by atoms with van der Waals surface area (Å²) in [6, 6.07) is 6.74. The zero-order chi connectivity index (χ0) is 20.0. The van der Waals surface area contributed by atoms with Crippen molar-refractivity contribution >= 4 is 55.3 Å². The number of amides is 2. The Kier molecular flexibility index (Phi) is 5.67. The maximum atomic E-state index is 13.1. The molecule has 6 atom stereocenters. The lowest BCUT2D eigenvalue weighted by Gasteiger charge is -2.28. The molecule has 2 aliphatic carbocycles. The summed E-state index contributed by atoms with van der Waals surface area (Å²) in [6.07, 6.45) is 4.09. The molecule has 7 heteroatoms. The van der Waals surface area contributed by atoms with Gasteiger partial charge in [-0.1, -0.05) is 57.7 Å². The average Bonchev–Trinajstić information content (AvgIpc) is 3.27. The molecule has 4 rings (SSSR count). The summed E-state index contributed by atoms with van der Waals surface area (Å²) in [4.78, 5) is 39.9. The monoisotopic (exact) mass is 511 g/mol. The number of alkyl halides is 2. The quantitative estimate of drug-likeness (QED) is 0.186. The molecule has 1 saturated heterocycles. The van der Waals surface area contributed by atoms with Crippen LogP contribution in [0.2, 0.25) is 0 Å². The van der Waals surface area contributed by atoms with Gasteiger partial charge in [-0.2, -0.15) is 0 Å². The van der Waals surface area contributed by atoms with Gasteiger partial charge in [0.05, 0.1) is 17.5 Å². The third-order valence-corrected chi connectivity index (χ3v) is 9.49. The number of anilines is 1. The molecule has 150 valence electrons. The Hall–Kier alpha value is -1.21. The number of ether oxygens (including phenoxy) is 1. The number of hydrogen-bond donors (Lipinski definition) is 0. The number of esters is 1. The van der Waals surface area contributed by atoms with Crippen LogP contribution in [0.25, 0.3) is 0 Å². The van der Waals surface area contributed by atoms with E-state index in [2.05, 4.69) is 38.8 Å². The second-order valence-electron chi connectivity index (χ2n) is 7.94. The van der Waals surface area contributed by atoms with Crippen molar-refractivity contribution in [2.75, 3.05) is 4.90 Å². The fourth-order valence-corrected chi connectivity index (χ4v) is 6.86. The fraction of sp³-hybridized carbons (Fsp3) is 0.571. The number of hydrogen-bond acceptors (Lipinski definition) is 4. The van der Waals surface area contributed by atoms with Crippen molar-refractivity contribution in [1.29, 1.82) is 0 Å². The zero-order valence-electron chi connectivity index (χ0n) is 15.6. The van der Waals surface area contributed by atoms with E-state index in [9.17, 15) is 14.4 Å². The Morgan fingerprint density at radius 3 is 2.36 bits per heavy atom. The van der Waals surface area contributed by atoms with Crippen molar-refractivity contribution in [3.8, 4) is 5.75 Å². The first kappa shape index (κ1) is 20.1. The van der Waals surface area contributed by atoms with Crippen LogP contribution >= 0.6 is 31.9 Å². The van der Waals surface area contributed by atoms with Gasteiger partial charge >= 0.3 is 5.97 Å². The number of nitrogens with zero attached hydrogens (tertiary/aromatic N) is 1. The highest BCUT2D eigenvalue weighted by Gasteiger charge is 2.66. The SMILES string of the molecule is CCCCCC(=O)Oc1cccc(N2C(=O)[C@@H]3[C@H]4C[C@H]([C@H](Br)[C@@H]4Br)[C@@H]3C2=O)c1. The predicted molar refractivity (Wildman–Crippen MR) is 113 cm³/mol. The lowest BCUT2D eigenvalue weighted by molar-refractivity contribution is -0.134. The molecule has 0 spiro atoms. The van der Waals surface area contributed by atoms with E-state index < -0.39 is 0 Å². The maximum Gasteiger partial charge on any atom is 0.311 e. The standard InChI is InChI=1S/C21H23Br2NO4/c1-2-3-4-8-15(25)28-12-7-5-6-11(9-12)24-20(26)16-13-10-14(17(16)21(24)27)19(23)18(13)22/h5-7,9,13-14,16-19H,2-4,8,10H2,1H3/t13-,14+,16-,17+,18-,19+. The van der Waals surface area contributed by atoms with Gasteiger partial charge in [-0.25, -0.2) is 4.90 Å². The zero-order valence-corrected chi connectivity index (χ0v) is 18.8. The van der Waals surface area contributed by atoms with Gasteiger partial charge in [0, 0.05) is 22.1 Å². The van der Waals surface area contributed by atoms with E-state index in [0.717, 1.165) is 25.7 Å². The minimum Gasteiger partial charge on any atom is -0.426 e. The number of unbranched alkanes of at least 4 members (excludes halogenated alkanes) is 2.